The quantitative estimate of drug-likeness (QED) is 0.910. The van der Waals surface area contributed by atoms with Crippen LogP contribution in [-0.4, -0.2) is 36.9 Å². The van der Waals surface area contributed by atoms with Crippen molar-refractivity contribution in [2.24, 2.45) is 5.92 Å². The zero-order valence-electron chi connectivity index (χ0n) is 13.9. The van der Waals surface area contributed by atoms with Gasteiger partial charge in [0.1, 0.15) is 5.69 Å². The molecule has 24 heavy (non-hydrogen) atoms. The molecule has 0 fully saturated rings. The molecule has 2 amide bonds. The van der Waals surface area contributed by atoms with Gasteiger partial charge in [-0.3, -0.25) is 9.59 Å². The lowest BCUT2D eigenvalue weighted by molar-refractivity contribution is -0.114. The summed E-state index contributed by atoms with van der Waals surface area (Å²) in [5.41, 5.74) is 2.28. The number of benzene rings is 1. The first-order valence-electron chi connectivity index (χ1n) is 7.81. The lowest BCUT2D eigenvalue weighted by Crippen LogP contribution is -2.35. The molecule has 0 aliphatic carbocycles. The van der Waals surface area contributed by atoms with Crippen LogP contribution in [0.25, 0.3) is 0 Å². The Balaban J connectivity index is 1.94. The van der Waals surface area contributed by atoms with E-state index < -0.39 is 0 Å². The number of nitrogens with zero attached hydrogens (tertiary/aromatic N) is 3. The van der Waals surface area contributed by atoms with Crippen LogP contribution >= 0.6 is 11.3 Å². The average Bonchev–Trinajstić information content (AvgIpc) is 2.94. The summed E-state index contributed by atoms with van der Waals surface area (Å²) in [6.45, 7) is 5.07. The van der Waals surface area contributed by atoms with Gasteiger partial charge in [0.25, 0.3) is 5.91 Å². The van der Waals surface area contributed by atoms with Crippen molar-refractivity contribution in [2.45, 2.75) is 13.8 Å². The molecule has 2 heterocycles. The number of hydrogen-bond donors (Lipinski definition) is 1. The van der Waals surface area contributed by atoms with Crippen molar-refractivity contribution in [1.29, 1.82) is 0 Å². The molecule has 0 saturated carbocycles. The van der Waals surface area contributed by atoms with Crippen molar-refractivity contribution in [3.8, 4) is 0 Å². The Labute approximate surface area is 145 Å². The Kier molecular flexibility index (Phi) is 4.53. The van der Waals surface area contributed by atoms with E-state index in [1.54, 1.807) is 10.3 Å². The minimum absolute atomic E-state index is 0.141. The number of rotatable bonds is 2. The van der Waals surface area contributed by atoms with E-state index in [1.807, 2.05) is 31.3 Å². The molecule has 2 aromatic rings. The second-order valence-corrected chi connectivity index (χ2v) is 6.97. The van der Waals surface area contributed by atoms with Crippen LogP contribution in [-0.2, 0) is 4.79 Å². The summed E-state index contributed by atoms with van der Waals surface area (Å²) < 4.78 is 0. The maximum absolute atomic E-state index is 13.0. The van der Waals surface area contributed by atoms with Crippen LogP contribution in [0.1, 0.15) is 24.3 Å². The fourth-order valence-corrected chi connectivity index (χ4v) is 3.69. The van der Waals surface area contributed by atoms with Gasteiger partial charge in [-0.1, -0.05) is 19.1 Å². The number of fused-ring (bicyclic) bond motifs is 1. The van der Waals surface area contributed by atoms with Gasteiger partial charge < -0.3 is 15.1 Å². The lowest BCUT2D eigenvalue weighted by Gasteiger charge is -2.23. The van der Waals surface area contributed by atoms with Crippen molar-refractivity contribution >= 4 is 39.7 Å². The van der Waals surface area contributed by atoms with Crippen molar-refractivity contribution in [3.63, 3.8) is 0 Å². The minimum Gasteiger partial charge on any atom is -0.373 e. The molecular formula is C17H20N4O2S. The topological polar surface area (TPSA) is 65.5 Å². The molecule has 0 spiro atoms. The number of thiazole rings is 1. The van der Waals surface area contributed by atoms with Crippen molar-refractivity contribution in [2.75, 3.05) is 35.3 Å². The standard InChI is InChI=1S/C17H20N4O2S/c1-11-8-20(3)14-6-4-5-7-15(14)21(9-11)16(23)13-10-24-17(19-13)18-12(2)22/h4-7,10-11H,8-9H2,1-3H3,(H,18,19,22)/t11-/m1/s1. The highest BCUT2D eigenvalue weighted by Crippen LogP contribution is 2.33. The van der Waals surface area contributed by atoms with Gasteiger partial charge in [-0.25, -0.2) is 4.98 Å². The fourth-order valence-electron chi connectivity index (χ4n) is 2.96. The zero-order chi connectivity index (χ0) is 17.3. The van der Waals surface area contributed by atoms with E-state index in [1.165, 1.54) is 18.3 Å². The van der Waals surface area contributed by atoms with Crippen LogP contribution in [0.4, 0.5) is 16.5 Å². The van der Waals surface area contributed by atoms with Crippen LogP contribution in [0.2, 0.25) is 0 Å². The van der Waals surface area contributed by atoms with E-state index >= 15 is 0 Å². The number of anilines is 3. The molecular weight excluding hydrogens is 324 g/mol. The van der Waals surface area contributed by atoms with E-state index in [0.29, 0.717) is 23.3 Å². The number of para-hydroxylation sites is 2. The maximum Gasteiger partial charge on any atom is 0.277 e. The first kappa shape index (κ1) is 16.4. The van der Waals surface area contributed by atoms with E-state index in [9.17, 15) is 9.59 Å². The molecule has 1 atom stereocenters. The van der Waals surface area contributed by atoms with Gasteiger partial charge in [0.05, 0.1) is 11.4 Å². The highest BCUT2D eigenvalue weighted by molar-refractivity contribution is 7.14. The predicted octanol–water partition coefficient (Wildman–Crippen LogP) is 2.83. The number of carbonyl (C=O) groups excluding carboxylic acids is 2. The zero-order valence-corrected chi connectivity index (χ0v) is 14.8. The van der Waals surface area contributed by atoms with Gasteiger partial charge in [-0.15, -0.1) is 11.3 Å². The van der Waals surface area contributed by atoms with Crippen molar-refractivity contribution in [1.82, 2.24) is 4.98 Å². The van der Waals surface area contributed by atoms with E-state index in [0.717, 1.165) is 17.9 Å². The van der Waals surface area contributed by atoms with Crippen LogP contribution in [0, 0.1) is 5.92 Å². The van der Waals surface area contributed by atoms with E-state index in [2.05, 4.69) is 22.1 Å². The maximum atomic E-state index is 13.0. The fraction of sp³-hybridized carbons (Fsp3) is 0.353. The van der Waals surface area contributed by atoms with Crippen molar-refractivity contribution in [3.05, 3.63) is 35.3 Å². The summed E-state index contributed by atoms with van der Waals surface area (Å²) in [5, 5.41) is 4.75. The molecule has 1 aliphatic heterocycles. The third kappa shape index (κ3) is 3.26. The number of aromatic nitrogens is 1. The third-order valence-electron chi connectivity index (χ3n) is 3.91. The monoisotopic (exact) mass is 344 g/mol. The molecule has 1 aromatic carbocycles. The summed E-state index contributed by atoms with van der Waals surface area (Å²) in [6.07, 6.45) is 0. The SMILES string of the molecule is CC(=O)Nc1nc(C(=O)N2C[C@H](C)CN(C)c3ccccc32)cs1. The summed E-state index contributed by atoms with van der Waals surface area (Å²) in [5.74, 6) is -0.00373. The largest absolute Gasteiger partial charge is 0.373 e. The molecule has 1 aliphatic rings. The molecule has 3 rings (SSSR count). The molecule has 0 bridgehead atoms. The number of hydrogen-bond acceptors (Lipinski definition) is 5. The molecule has 0 saturated heterocycles. The Bertz CT molecular complexity index is 773. The highest BCUT2D eigenvalue weighted by Gasteiger charge is 2.28. The molecule has 126 valence electrons. The Morgan fingerprint density at radius 3 is 2.67 bits per heavy atom. The Morgan fingerprint density at radius 1 is 1.25 bits per heavy atom. The summed E-state index contributed by atoms with van der Waals surface area (Å²) in [6, 6.07) is 7.90. The highest BCUT2D eigenvalue weighted by atomic mass is 32.1. The van der Waals surface area contributed by atoms with E-state index in [-0.39, 0.29) is 11.8 Å². The minimum atomic E-state index is -0.196. The van der Waals surface area contributed by atoms with Crippen LogP contribution in [0.15, 0.2) is 29.6 Å². The van der Waals surface area contributed by atoms with Crippen LogP contribution < -0.4 is 15.1 Å². The van der Waals surface area contributed by atoms with Crippen LogP contribution in [0.5, 0.6) is 0 Å². The first-order chi connectivity index (χ1) is 11.5. The first-order valence-corrected chi connectivity index (χ1v) is 8.69. The van der Waals surface area contributed by atoms with Crippen LogP contribution in [0.3, 0.4) is 0 Å². The second-order valence-electron chi connectivity index (χ2n) is 6.11. The number of carbonyl (C=O) groups is 2. The second kappa shape index (κ2) is 6.60. The summed E-state index contributed by atoms with van der Waals surface area (Å²) in [7, 11) is 2.04. The smallest absolute Gasteiger partial charge is 0.277 e. The molecule has 7 heteroatoms. The van der Waals surface area contributed by atoms with Gasteiger partial charge in [-0.05, 0) is 18.1 Å². The summed E-state index contributed by atoms with van der Waals surface area (Å²) >= 11 is 1.26. The van der Waals surface area contributed by atoms with Gasteiger partial charge in [0, 0.05) is 32.4 Å². The number of amides is 2. The Morgan fingerprint density at radius 2 is 1.96 bits per heavy atom. The number of nitrogens with one attached hydrogen (secondary N) is 1. The Hall–Kier alpha value is -2.41. The lowest BCUT2D eigenvalue weighted by atomic mass is 10.1. The van der Waals surface area contributed by atoms with Gasteiger partial charge in [0.2, 0.25) is 5.91 Å². The molecule has 0 unspecified atom stereocenters. The van der Waals surface area contributed by atoms with Gasteiger partial charge >= 0.3 is 0 Å². The van der Waals surface area contributed by atoms with Gasteiger partial charge in [-0.2, -0.15) is 0 Å². The van der Waals surface area contributed by atoms with Gasteiger partial charge in [0.15, 0.2) is 5.13 Å². The molecule has 6 nitrogen and oxygen atoms in total. The molecule has 1 aromatic heterocycles. The third-order valence-corrected chi connectivity index (χ3v) is 4.67. The average molecular weight is 344 g/mol. The normalized spacial score (nSPS) is 17.2. The summed E-state index contributed by atoms with van der Waals surface area (Å²) in [4.78, 5) is 32.4. The van der Waals surface area contributed by atoms with E-state index in [4.69, 9.17) is 0 Å². The predicted molar refractivity (Wildman–Crippen MR) is 97.0 cm³/mol. The molecule has 0 radical (unpaired) electrons. The molecule has 1 N–H and O–H groups in total. The van der Waals surface area contributed by atoms with Crippen molar-refractivity contribution < 1.29 is 9.59 Å².